The summed E-state index contributed by atoms with van der Waals surface area (Å²) in [6.07, 6.45) is 0. The first kappa shape index (κ1) is 16.4. The van der Waals surface area contributed by atoms with Crippen LogP contribution < -0.4 is 15.8 Å². The summed E-state index contributed by atoms with van der Waals surface area (Å²) in [6, 6.07) is 6.08. The van der Waals surface area contributed by atoms with Crippen LogP contribution in [-0.2, 0) is 16.6 Å². The van der Waals surface area contributed by atoms with E-state index in [-0.39, 0.29) is 24.0 Å². The van der Waals surface area contributed by atoms with Crippen LogP contribution >= 0.6 is 0 Å². The maximum atomic E-state index is 11.9. The van der Waals surface area contributed by atoms with Crippen LogP contribution in [0, 0.1) is 0 Å². The fourth-order valence-corrected chi connectivity index (χ4v) is 2.43. The number of nitrogens with two attached hydrogens (primary N) is 1. The Balaban J connectivity index is 2.51. The molecular weight excluding hydrogens is 280 g/mol. The Kier molecular flexibility index (Phi) is 5.93. The third-order valence-electron chi connectivity index (χ3n) is 2.57. The topological polar surface area (TPSA) is 105 Å². The zero-order chi connectivity index (χ0) is 15.2. The van der Waals surface area contributed by atoms with Crippen LogP contribution in [0.4, 0.5) is 4.79 Å². The van der Waals surface area contributed by atoms with Crippen molar-refractivity contribution in [1.82, 2.24) is 14.9 Å². The molecule has 1 rings (SSSR count). The van der Waals surface area contributed by atoms with E-state index in [9.17, 15) is 13.2 Å². The van der Waals surface area contributed by atoms with Gasteiger partial charge in [0.2, 0.25) is 10.0 Å². The number of amides is 2. The number of carbonyl (C=O) groups excluding carboxylic acids is 1. The number of sulfonamides is 1. The highest BCUT2D eigenvalue weighted by Gasteiger charge is 2.13. The van der Waals surface area contributed by atoms with Crippen molar-refractivity contribution in [2.24, 2.45) is 5.73 Å². The molecule has 0 atom stereocenters. The van der Waals surface area contributed by atoms with Gasteiger partial charge in [0.15, 0.2) is 0 Å². The minimum atomic E-state index is -3.56. The molecule has 2 amide bonds. The molecular formula is C12H20N4O3S. The van der Waals surface area contributed by atoms with E-state index in [1.54, 1.807) is 26.2 Å². The van der Waals surface area contributed by atoms with Crippen LogP contribution in [-0.4, -0.2) is 46.5 Å². The molecule has 8 heteroatoms. The third kappa shape index (κ3) is 4.80. The van der Waals surface area contributed by atoms with Crippen molar-refractivity contribution >= 4 is 16.1 Å². The van der Waals surface area contributed by atoms with Crippen molar-refractivity contribution < 1.29 is 13.2 Å². The van der Waals surface area contributed by atoms with Crippen LogP contribution in [0.15, 0.2) is 29.2 Å². The Morgan fingerprint density at radius 1 is 1.20 bits per heavy atom. The first-order valence-electron chi connectivity index (χ1n) is 6.10. The number of rotatable bonds is 6. The lowest BCUT2D eigenvalue weighted by Crippen LogP contribution is -2.39. The summed E-state index contributed by atoms with van der Waals surface area (Å²) in [5.41, 5.74) is 6.31. The smallest absolute Gasteiger partial charge is 0.316 e. The fourth-order valence-electron chi connectivity index (χ4n) is 1.40. The molecule has 0 aromatic heterocycles. The zero-order valence-electron chi connectivity index (χ0n) is 11.6. The number of carbonyl (C=O) groups is 1. The van der Waals surface area contributed by atoms with Crippen LogP contribution in [0.25, 0.3) is 0 Å². The van der Waals surface area contributed by atoms with Gasteiger partial charge in [0, 0.05) is 33.7 Å². The Hall–Kier alpha value is -1.64. The second-order valence-electron chi connectivity index (χ2n) is 4.37. The van der Waals surface area contributed by atoms with Crippen molar-refractivity contribution in [3.8, 4) is 0 Å². The number of hydrogen-bond acceptors (Lipinski definition) is 4. The maximum absolute atomic E-state index is 11.9. The number of nitrogens with one attached hydrogen (secondary N) is 2. The van der Waals surface area contributed by atoms with Crippen molar-refractivity contribution in [3.63, 3.8) is 0 Å². The number of urea groups is 1. The van der Waals surface area contributed by atoms with Gasteiger partial charge < -0.3 is 16.0 Å². The minimum Gasteiger partial charge on any atom is -0.337 e. The van der Waals surface area contributed by atoms with E-state index < -0.39 is 10.0 Å². The highest BCUT2D eigenvalue weighted by Crippen LogP contribution is 2.09. The van der Waals surface area contributed by atoms with Crippen molar-refractivity contribution in [2.75, 3.05) is 27.2 Å². The lowest BCUT2D eigenvalue weighted by molar-refractivity contribution is 0.217. The van der Waals surface area contributed by atoms with Gasteiger partial charge in [-0.25, -0.2) is 17.9 Å². The summed E-state index contributed by atoms with van der Waals surface area (Å²) in [6.45, 7) is 0.710. The summed E-state index contributed by atoms with van der Waals surface area (Å²) in [5.74, 6) is 0. The first-order chi connectivity index (χ1) is 9.36. The van der Waals surface area contributed by atoms with Gasteiger partial charge in [-0.15, -0.1) is 0 Å². The Morgan fingerprint density at radius 2 is 1.80 bits per heavy atom. The maximum Gasteiger partial charge on any atom is 0.316 e. The average molecular weight is 300 g/mol. The summed E-state index contributed by atoms with van der Waals surface area (Å²) >= 11 is 0. The second-order valence-corrected chi connectivity index (χ2v) is 6.14. The minimum absolute atomic E-state index is 0.126. The van der Waals surface area contributed by atoms with E-state index in [1.165, 1.54) is 17.0 Å². The molecule has 0 spiro atoms. The Bertz CT molecular complexity index is 540. The lowest BCUT2D eigenvalue weighted by atomic mass is 10.2. The molecule has 0 fully saturated rings. The lowest BCUT2D eigenvalue weighted by Gasteiger charge is -2.12. The molecule has 0 saturated carbocycles. The molecule has 0 heterocycles. The highest BCUT2D eigenvalue weighted by atomic mass is 32.2. The molecule has 0 saturated heterocycles. The molecule has 1 aromatic carbocycles. The first-order valence-corrected chi connectivity index (χ1v) is 7.59. The second kappa shape index (κ2) is 7.22. The van der Waals surface area contributed by atoms with Crippen molar-refractivity contribution in [3.05, 3.63) is 29.8 Å². The van der Waals surface area contributed by atoms with Gasteiger partial charge in [0.25, 0.3) is 0 Å². The van der Waals surface area contributed by atoms with Gasteiger partial charge >= 0.3 is 6.03 Å². The highest BCUT2D eigenvalue weighted by molar-refractivity contribution is 7.89. The Morgan fingerprint density at radius 3 is 2.30 bits per heavy atom. The van der Waals surface area contributed by atoms with Gasteiger partial charge in [-0.05, 0) is 17.7 Å². The standard InChI is InChI=1S/C12H20N4O3S/c1-16(2)12(17)14-7-8-15-20(18,19)11-5-3-10(9-13)4-6-11/h3-6,15H,7-9,13H2,1-2H3,(H,14,17). The molecule has 4 N–H and O–H groups in total. The normalized spacial score (nSPS) is 11.2. The molecule has 0 aliphatic rings. The van der Waals surface area contributed by atoms with Crippen LogP contribution in [0.3, 0.4) is 0 Å². The van der Waals surface area contributed by atoms with Crippen molar-refractivity contribution in [1.29, 1.82) is 0 Å². The van der Waals surface area contributed by atoms with E-state index in [1.807, 2.05) is 0 Å². The molecule has 112 valence electrons. The van der Waals surface area contributed by atoms with E-state index in [0.29, 0.717) is 6.54 Å². The molecule has 20 heavy (non-hydrogen) atoms. The SMILES string of the molecule is CN(C)C(=O)NCCNS(=O)(=O)c1ccc(CN)cc1. The predicted octanol–water partition coefficient (Wildman–Crippen LogP) is -0.305. The summed E-state index contributed by atoms with van der Waals surface area (Å²) < 4.78 is 26.3. The van der Waals surface area contributed by atoms with Crippen LogP contribution in [0.2, 0.25) is 0 Å². The Labute approximate surface area is 119 Å². The average Bonchev–Trinajstić information content (AvgIpc) is 2.43. The number of benzene rings is 1. The van der Waals surface area contributed by atoms with E-state index >= 15 is 0 Å². The fraction of sp³-hybridized carbons (Fsp3) is 0.417. The predicted molar refractivity (Wildman–Crippen MR) is 76.6 cm³/mol. The molecule has 0 aliphatic heterocycles. The van der Waals surface area contributed by atoms with Gasteiger partial charge in [0.1, 0.15) is 0 Å². The molecule has 0 radical (unpaired) electrons. The van der Waals surface area contributed by atoms with Gasteiger partial charge in [-0.1, -0.05) is 12.1 Å². The van der Waals surface area contributed by atoms with Crippen LogP contribution in [0.5, 0.6) is 0 Å². The van der Waals surface area contributed by atoms with E-state index in [4.69, 9.17) is 5.73 Å². The summed E-state index contributed by atoms with van der Waals surface area (Å²) in [4.78, 5) is 12.8. The zero-order valence-corrected chi connectivity index (χ0v) is 12.4. The molecule has 1 aromatic rings. The van der Waals surface area contributed by atoms with Gasteiger partial charge in [-0.3, -0.25) is 0 Å². The van der Waals surface area contributed by atoms with E-state index in [0.717, 1.165) is 5.56 Å². The summed E-state index contributed by atoms with van der Waals surface area (Å²) in [7, 11) is -0.340. The molecule has 0 unspecified atom stereocenters. The molecule has 0 aliphatic carbocycles. The third-order valence-corrected chi connectivity index (χ3v) is 4.05. The largest absolute Gasteiger partial charge is 0.337 e. The summed E-state index contributed by atoms with van der Waals surface area (Å²) in [5, 5.41) is 2.57. The quantitative estimate of drug-likeness (QED) is 0.627. The molecule has 0 bridgehead atoms. The monoisotopic (exact) mass is 300 g/mol. The van der Waals surface area contributed by atoms with Crippen molar-refractivity contribution in [2.45, 2.75) is 11.4 Å². The van der Waals surface area contributed by atoms with Gasteiger partial charge in [0.05, 0.1) is 4.90 Å². The number of hydrogen-bond donors (Lipinski definition) is 3. The van der Waals surface area contributed by atoms with E-state index in [2.05, 4.69) is 10.0 Å². The van der Waals surface area contributed by atoms with Gasteiger partial charge in [-0.2, -0.15) is 0 Å². The van der Waals surface area contributed by atoms with Crippen LogP contribution in [0.1, 0.15) is 5.56 Å². The molecule has 7 nitrogen and oxygen atoms in total. The number of nitrogens with zero attached hydrogens (tertiary/aromatic N) is 1.